The number of carbonyl (C=O) groups excluding carboxylic acids is 1. The molecule has 3 aromatic rings. The molecule has 3 rings (SSSR count). The van der Waals surface area contributed by atoms with Gasteiger partial charge in [0, 0.05) is 0 Å². The number of aromatic nitrogens is 3. The van der Waals surface area contributed by atoms with E-state index in [1.165, 1.54) is 11.0 Å². The summed E-state index contributed by atoms with van der Waals surface area (Å²) in [5.74, 6) is -0.239. The summed E-state index contributed by atoms with van der Waals surface area (Å²) in [5.41, 5.74) is 4.58. The van der Waals surface area contributed by atoms with Crippen molar-refractivity contribution in [3.63, 3.8) is 0 Å². The highest BCUT2D eigenvalue weighted by Crippen LogP contribution is 2.32. The van der Waals surface area contributed by atoms with E-state index in [-0.39, 0.29) is 18.2 Å². The summed E-state index contributed by atoms with van der Waals surface area (Å²) in [7, 11) is 0. The van der Waals surface area contributed by atoms with Crippen LogP contribution in [0, 0.1) is 0 Å². The van der Waals surface area contributed by atoms with Crippen molar-refractivity contribution in [3.05, 3.63) is 50.9 Å². The highest BCUT2D eigenvalue weighted by atomic mass is 79.9. The average molecular weight is 453 g/mol. The van der Waals surface area contributed by atoms with Gasteiger partial charge in [-0.05, 0) is 61.7 Å². The van der Waals surface area contributed by atoms with Gasteiger partial charge in [0.05, 0.1) is 15.2 Å². The number of hydrogen-bond acceptors (Lipinski definition) is 5. The van der Waals surface area contributed by atoms with Gasteiger partial charge < -0.3 is 5.11 Å². The minimum atomic E-state index is -0.344. The number of hydrazone groups is 1. The molecule has 0 aliphatic heterocycles. The Labute approximate surface area is 153 Å². The van der Waals surface area contributed by atoms with Crippen molar-refractivity contribution in [2.75, 3.05) is 0 Å². The van der Waals surface area contributed by atoms with Gasteiger partial charge in [-0.15, -0.1) is 0 Å². The molecule has 1 heterocycles. The lowest BCUT2D eigenvalue weighted by Crippen LogP contribution is -2.24. The smallest absolute Gasteiger partial charge is 0.263 e. The number of nitrogens with zero attached hydrogens (tertiary/aromatic N) is 4. The number of amides is 1. The van der Waals surface area contributed by atoms with Crippen molar-refractivity contribution in [1.82, 2.24) is 20.4 Å². The molecule has 24 heavy (non-hydrogen) atoms. The van der Waals surface area contributed by atoms with Crippen molar-refractivity contribution < 1.29 is 9.90 Å². The quantitative estimate of drug-likeness (QED) is 0.470. The first-order valence-electron chi connectivity index (χ1n) is 6.83. The molecule has 1 amide bonds. The monoisotopic (exact) mass is 451 g/mol. The van der Waals surface area contributed by atoms with Crippen LogP contribution in [0.4, 0.5) is 0 Å². The molecule has 0 bridgehead atoms. The van der Waals surface area contributed by atoms with Crippen molar-refractivity contribution in [3.8, 4) is 5.75 Å². The highest BCUT2D eigenvalue weighted by Gasteiger charge is 2.07. The van der Waals surface area contributed by atoms with Crippen LogP contribution in [0.1, 0.15) is 5.56 Å². The number of fused-ring (bicyclic) bond motifs is 1. The van der Waals surface area contributed by atoms with Gasteiger partial charge in [0.1, 0.15) is 23.3 Å². The fraction of sp³-hybridized carbons (Fsp3) is 0.0667. The predicted octanol–water partition coefficient (Wildman–Crippen LogP) is 2.81. The number of hydrogen-bond donors (Lipinski definition) is 2. The van der Waals surface area contributed by atoms with E-state index in [1.54, 1.807) is 12.1 Å². The maximum atomic E-state index is 11.9. The summed E-state index contributed by atoms with van der Waals surface area (Å²) >= 11 is 6.46. The number of carbonyl (C=O) groups is 1. The molecule has 0 fully saturated rings. The number of phenolic OH excluding ortho intramolecular Hbond substituents is 1. The Morgan fingerprint density at radius 2 is 1.79 bits per heavy atom. The lowest BCUT2D eigenvalue weighted by molar-refractivity contribution is -0.122. The van der Waals surface area contributed by atoms with Crippen LogP contribution < -0.4 is 5.43 Å². The van der Waals surface area contributed by atoms with Gasteiger partial charge in [-0.3, -0.25) is 4.79 Å². The molecule has 2 N–H and O–H groups in total. The standard InChI is InChI=1S/C15H11Br2N5O2/c16-10-5-9(6-11(17)15(10)24)7-18-19-14(23)8-22-20-12-3-1-2-4-13(12)21-22/h1-7,24H,8H2,(H,19,23)/b18-7-. The SMILES string of the molecule is O=C(Cn1nc2ccccc2n1)N/N=C\c1cc(Br)c(O)c(Br)c1. The summed E-state index contributed by atoms with van der Waals surface area (Å²) in [6.45, 7) is -0.0328. The number of rotatable bonds is 4. The zero-order valence-electron chi connectivity index (χ0n) is 12.1. The fourth-order valence-corrected chi connectivity index (χ4v) is 3.20. The second-order valence-electron chi connectivity index (χ2n) is 4.85. The first-order chi connectivity index (χ1) is 11.5. The third-order valence-electron chi connectivity index (χ3n) is 3.06. The summed E-state index contributed by atoms with van der Waals surface area (Å²) in [6.07, 6.45) is 1.47. The topological polar surface area (TPSA) is 92.4 Å². The minimum Gasteiger partial charge on any atom is -0.506 e. The Morgan fingerprint density at radius 1 is 1.21 bits per heavy atom. The minimum absolute atomic E-state index is 0.0328. The van der Waals surface area contributed by atoms with Gasteiger partial charge >= 0.3 is 0 Å². The van der Waals surface area contributed by atoms with Gasteiger partial charge in [-0.25, -0.2) is 5.43 Å². The lowest BCUT2D eigenvalue weighted by atomic mass is 10.2. The van der Waals surface area contributed by atoms with E-state index < -0.39 is 0 Å². The van der Waals surface area contributed by atoms with E-state index in [0.29, 0.717) is 14.5 Å². The van der Waals surface area contributed by atoms with Gasteiger partial charge in [0.15, 0.2) is 0 Å². The Kier molecular flexibility index (Phi) is 4.91. The third-order valence-corrected chi connectivity index (χ3v) is 4.26. The summed E-state index contributed by atoms with van der Waals surface area (Å²) in [4.78, 5) is 13.2. The van der Waals surface area contributed by atoms with Crippen LogP contribution in [-0.2, 0) is 11.3 Å². The molecule has 0 saturated heterocycles. The second-order valence-corrected chi connectivity index (χ2v) is 6.55. The van der Waals surface area contributed by atoms with E-state index in [0.717, 1.165) is 11.0 Å². The first-order valence-corrected chi connectivity index (χ1v) is 8.41. The number of nitrogens with one attached hydrogen (secondary N) is 1. The lowest BCUT2D eigenvalue weighted by Gasteiger charge is -2.02. The van der Waals surface area contributed by atoms with Crippen LogP contribution >= 0.6 is 31.9 Å². The van der Waals surface area contributed by atoms with Gasteiger partial charge in [0.25, 0.3) is 5.91 Å². The maximum Gasteiger partial charge on any atom is 0.263 e. The van der Waals surface area contributed by atoms with Crippen LogP contribution in [0.3, 0.4) is 0 Å². The second kappa shape index (κ2) is 7.10. The highest BCUT2D eigenvalue weighted by molar-refractivity contribution is 9.11. The van der Waals surface area contributed by atoms with Crippen molar-refractivity contribution in [2.45, 2.75) is 6.54 Å². The van der Waals surface area contributed by atoms with Gasteiger partial charge in [0.2, 0.25) is 0 Å². The molecule has 0 unspecified atom stereocenters. The predicted molar refractivity (Wildman–Crippen MR) is 96.8 cm³/mol. The number of aromatic hydroxyl groups is 1. The van der Waals surface area contributed by atoms with E-state index in [2.05, 4.69) is 52.6 Å². The summed E-state index contributed by atoms with van der Waals surface area (Å²) in [6, 6.07) is 10.7. The largest absolute Gasteiger partial charge is 0.506 e. The van der Waals surface area contributed by atoms with Crippen molar-refractivity contribution in [2.24, 2.45) is 5.10 Å². The Bertz CT molecular complexity index is 883. The van der Waals surface area contributed by atoms with Crippen molar-refractivity contribution >= 4 is 55.0 Å². The van der Waals surface area contributed by atoms with Crippen LogP contribution in [-0.4, -0.2) is 32.2 Å². The molecule has 0 spiro atoms. The number of halogens is 2. The molecule has 0 aliphatic rings. The Balaban J connectivity index is 1.63. The molecule has 0 radical (unpaired) electrons. The Morgan fingerprint density at radius 3 is 2.38 bits per heavy atom. The van der Waals surface area contributed by atoms with E-state index in [4.69, 9.17) is 0 Å². The molecule has 9 heteroatoms. The van der Waals surface area contributed by atoms with Crippen LogP contribution in [0.15, 0.2) is 50.4 Å². The van der Waals surface area contributed by atoms with Crippen LogP contribution in [0.2, 0.25) is 0 Å². The van der Waals surface area contributed by atoms with Gasteiger partial charge in [-0.2, -0.15) is 20.1 Å². The molecule has 0 atom stereocenters. The number of benzene rings is 2. The van der Waals surface area contributed by atoms with Crippen molar-refractivity contribution in [1.29, 1.82) is 0 Å². The molecule has 7 nitrogen and oxygen atoms in total. The zero-order valence-corrected chi connectivity index (χ0v) is 15.3. The normalized spacial score (nSPS) is 11.2. The molecule has 0 aliphatic carbocycles. The van der Waals surface area contributed by atoms with Crippen LogP contribution in [0.5, 0.6) is 5.75 Å². The summed E-state index contributed by atoms with van der Waals surface area (Å²) in [5, 5.41) is 21.9. The fourth-order valence-electron chi connectivity index (χ4n) is 1.98. The van der Waals surface area contributed by atoms with E-state index in [1.807, 2.05) is 24.3 Å². The zero-order chi connectivity index (χ0) is 17.1. The van der Waals surface area contributed by atoms with E-state index >= 15 is 0 Å². The molecule has 1 aromatic heterocycles. The Hall–Kier alpha value is -2.26. The van der Waals surface area contributed by atoms with E-state index in [9.17, 15) is 9.90 Å². The number of phenols is 1. The molecular formula is C15H11Br2N5O2. The summed E-state index contributed by atoms with van der Waals surface area (Å²) < 4.78 is 1.05. The third kappa shape index (κ3) is 3.80. The molecule has 0 saturated carbocycles. The van der Waals surface area contributed by atoms with Crippen LogP contribution in [0.25, 0.3) is 11.0 Å². The maximum absolute atomic E-state index is 11.9. The van der Waals surface area contributed by atoms with Gasteiger partial charge in [-0.1, -0.05) is 12.1 Å². The average Bonchev–Trinajstić information content (AvgIpc) is 2.94. The molecule has 122 valence electrons. The molecule has 2 aromatic carbocycles. The molecular weight excluding hydrogens is 442 g/mol. The first kappa shape index (κ1) is 16.6.